The van der Waals surface area contributed by atoms with Crippen molar-refractivity contribution in [3.8, 4) is 0 Å². The van der Waals surface area contributed by atoms with Gasteiger partial charge in [0.1, 0.15) is 5.78 Å². The van der Waals surface area contributed by atoms with E-state index < -0.39 is 0 Å². The zero-order valence-electron chi connectivity index (χ0n) is 8.76. The molecule has 2 N–H and O–H groups in total. The maximum absolute atomic E-state index is 11.6. The van der Waals surface area contributed by atoms with Crippen LogP contribution in [0.3, 0.4) is 0 Å². The average Bonchev–Trinajstić information content (AvgIpc) is 1.93. The zero-order valence-corrected chi connectivity index (χ0v) is 8.76. The minimum Gasteiger partial charge on any atom is -0.325 e. The fourth-order valence-corrected chi connectivity index (χ4v) is 3.54. The summed E-state index contributed by atoms with van der Waals surface area (Å²) in [5, 5.41) is 0. The van der Waals surface area contributed by atoms with Crippen molar-refractivity contribution in [3.05, 3.63) is 0 Å². The molecule has 0 spiro atoms. The molecule has 0 saturated heterocycles. The van der Waals surface area contributed by atoms with Gasteiger partial charge in [-0.3, -0.25) is 4.79 Å². The van der Waals surface area contributed by atoms with E-state index in [2.05, 4.69) is 20.8 Å². The van der Waals surface area contributed by atoms with Crippen molar-refractivity contribution in [3.63, 3.8) is 0 Å². The van der Waals surface area contributed by atoms with E-state index in [1.807, 2.05) is 0 Å². The van der Waals surface area contributed by atoms with Crippen LogP contribution in [0.2, 0.25) is 0 Å². The van der Waals surface area contributed by atoms with Crippen LogP contribution in [-0.2, 0) is 4.79 Å². The highest BCUT2D eigenvalue weighted by Gasteiger charge is 2.59. The Bertz CT molecular complexity index is 255. The highest BCUT2D eigenvalue weighted by Crippen LogP contribution is 2.57. The van der Waals surface area contributed by atoms with Crippen LogP contribution in [0, 0.1) is 17.3 Å². The van der Waals surface area contributed by atoms with E-state index in [-0.39, 0.29) is 16.9 Å². The lowest BCUT2D eigenvalue weighted by atomic mass is 9.46. The molecule has 0 aromatic rings. The average molecular weight is 181 g/mol. The molecule has 2 aliphatic carbocycles. The molecule has 0 aromatic heterocycles. The Morgan fingerprint density at radius 1 is 1.38 bits per heavy atom. The predicted molar refractivity (Wildman–Crippen MR) is 52.2 cm³/mol. The van der Waals surface area contributed by atoms with Crippen LogP contribution >= 0.6 is 0 Å². The summed E-state index contributed by atoms with van der Waals surface area (Å²) in [4.78, 5) is 11.6. The fourth-order valence-electron chi connectivity index (χ4n) is 3.54. The largest absolute Gasteiger partial charge is 0.325 e. The van der Waals surface area contributed by atoms with Gasteiger partial charge in [-0.15, -0.1) is 0 Å². The SMILES string of the molecule is CC1(C)CCC(=O)C2CC(C)(N)C21. The number of Topliss-reactive ketones (excluding diaryl/α,β-unsaturated/α-hetero) is 1. The van der Waals surface area contributed by atoms with Crippen LogP contribution in [0.5, 0.6) is 0 Å². The summed E-state index contributed by atoms with van der Waals surface area (Å²) < 4.78 is 0. The third-order valence-electron chi connectivity index (χ3n) is 4.04. The van der Waals surface area contributed by atoms with Crippen LogP contribution in [0.4, 0.5) is 0 Å². The molecule has 0 aliphatic heterocycles. The first-order chi connectivity index (χ1) is 5.84. The molecule has 0 aromatic carbocycles. The van der Waals surface area contributed by atoms with Crippen LogP contribution in [0.15, 0.2) is 0 Å². The smallest absolute Gasteiger partial charge is 0.136 e. The summed E-state index contributed by atoms with van der Waals surface area (Å²) in [7, 11) is 0. The number of fused-ring (bicyclic) bond motifs is 1. The number of hydrogen-bond donors (Lipinski definition) is 1. The Morgan fingerprint density at radius 3 is 2.46 bits per heavy atom. The van der Waals surface area contributed by atoms with Crippen molar-refractivity contribution in [2.24, 2.45) is 23.0 Å². The van der Waals surface area contributed by atoms with Gasteiger partial charge in [0.05, 0.1) is 0 Å². The molecule has 2 heteroatoms. The van der Waals surface area contributed by atoms with Gasteiger partial charge in [-0.1, -0.05) is 13.8 Å². The lowest BCUT2D eigenvalue weighted by Gasteiger charge is -2.60. The zero-order chi connectivity index (χ0) is 9.85. The second-order valence-electron chi connectivity index (χ2n) is 5.75. The third kappa shape index (κ3) is 1.15. The molecular weight excluding hydrogens is 162 g/mol. The van der Waals surface area contributed by atoms with Crippen LogP contribution < -0.4 is 5.73 Å². The molecule has 0 amide bonds. The Labute approximate surface area is 79.9 Å². The lowest BCUT2D eigenvalue weighted by molar-refractivity contribution is -0.148. The van der Waals surface area contributed by atoms with Gasteiger partial charge in [0.25, 0.3) is 0 Å². The summed E-state index contributed by atoms with van der Waals surface area (Å²) in [5.41, 5.74) is 6.33. The Morgan fingerprint density at radius 2 is 2.00 bits per heavy atom. The Balaban J connectivity index is 2.27. The quantitative estimate of drug-likeness (QED) is 0.618. The molecule has 0 heterocycles. The number of hydrogen-bond acceptors (Lipinski definition) is 2. The Kier molecular flexibility index (Phi) is 1.66. The number of carbonyl (C=O) groups is 1. The second-order valence-corrected chi connectivity index (χ2v) is 5.75. The number of carbonyl (C=O) groups excluding carboxylic acids is 1. The number of nitrogens with two attached hydrogens (primary N) is 1. The van der Waals surface area contributed by atoms with Gasteiger partial charge in [0.15, 0.2) is 0 Å². The van der Waals surface area contributed by atoms with E-state index in [0.29, 0.717) is 11.7 Å². The molecular formula is C11H19NO. The first-order valence-corrected chi connectivity index (χ1v) is 5.16. The highest BCUT2D eigenvalue weighted by atomic mass is 16.1. The highest BCUT2D eigenvalue weighted by molar-refractivity contribution is 5.84. The molecule has 3 unspecified atom stereocenters. The van der Waals surface area contributed by atoms with E-state index in [9.17, 15) is 4.79 Å². The van der Waals surface area contributed by atoms with Gasteiger partial charge in [0, 0.05) is 17.9 Å². The van der Waals surface area contributed by atoms with E-state index in [4.69, 9.17) is 5.73 Å². The topological polar surface area (TPSA) is 43.1 Å². The molecule has 13 heavy (non-hydrogen) atoms. The number of ketones is 1. The molecule has 0 bridgehead atoms. The maximum atomic E-state index is 11.6. The van der Waals surface area contributed by atoms with Crippen molar-refractivity contribution >= 4 is 5.78 Å². The van der Waals surface area contributed by atoms with Crippen molar-refractivity contribution in [2.75, 3.05) is 0 Å². The van der Waals surface area contributed by atoms with Crippen LogP contribution in [0.1, 0.15) is 40.0 Å². The van der Waals surface area contributed by atoms with Crippen molar-refractivity contribution in [1.82, 2.24) is 0 Å². The molecule has 74 valence electrons. The minimum absolute atomic E-state index is 0.0930. The molecule has 2 nitrogen and oxygen atoms in total. The van der Waals surface area contributed by atoms with Gasteiger partial charge >= 0.3 is 0 Å². The van der Waals surface area contributed by atoms with Crippen molar-refractivity contribution in [2.45, 2.75) is 45.6 Å². The van der Waals surface area contributed by atoms with Crippen molar-refractivity contribution < 1.29 is 4.79 Å². The molecule has 0 radical (unpaired) electrons. The molecule has 2 rings (SSSR count). The van der Waals surface area contributed by atoms with Crippen LogP contribution in [-0.4, -0.2) is 11.3 Å². The summed E-state index contributed by atoms with van der Waals surface area (Å²) in [6, 6.07) is 0. The fraction of sp³-hybridized carbons (Fsp3) is 0.909. The van der Waals surface area contributed by atoms with Crippen molar-refractivity contribution in [1.29, 1.82) is 0 Å². The first-order valence-electron chi connectivity index (χ1n) is 5.16. The monoisotopic (exact) mass is 181 g/mol. The summed E-state index contributed by atoms with van der Waals surface area (Å²) in [6.45, 7) is 6.59. The normalized spacial score (nSPS) is 48.2. The van der Waals surface area contributed by atoms with Gasteiger partial charge in [-0.25, -0.2) is 0 Å². The summed E-state index contributed by atoms with van der Waals surface area (Å²) in [5.74, 6) is 1.15. The maximum Gasteiger partial charge on any atom is 0.136 e. The van der Waals surface area contributed by atoms with Gasteiger partial charge in [-0.2, -0.15) is 0 Å². The minimum atomic E-state index is -0.0930. The van der Waals surface area contributed by atoms with Gasteiger partial charge < -0.3 is 5.73 Å². The molecule has 3 atom stereocenters. The predicted octanol–water partition coefficient (Wildman–Crippen LogP) is 1.73. The lowest BCUT2D eigenvalue weighted by Crippen LogP contribution is -2.66. The molecule has 2 aliphatic rings. The standard InChI is InChI=1S/C11H19NO/c1-10(2)5-4-8(13)7-6-11(3,12)9(7)10/h7,9H,4-6,12H2,1-3H3. The molecule has 2 fully saturated rings. The third-order valence-corrected chi connectivity index (χ3v) is 4.04. The van der Waals surface area contributed by atoms with Gasteiger partial charge in [0.2, 0.25) is 0 Å². The van der Waals surface area contributed by atoms with E-state index in [0.717, 1.165) is 19.3 Å². The van der Waals surface area contributed by atoms with E-state index in [1.165, 1.54) is 0 Å². The number of rotatable bonds is 0. The van der Waals surface area contributed by atoms with Crippen LogP contribution in [0.25, 0.3) is 0 Å². The first kappa shape index (κ1) is 9.20. The summed E-state index contributed by atoms with van der Waals surface area (Å²) in [6.07, 6.45) is 2.68. The van der Waals surface area contributed by atoms with Gasteiger partial charge in [-0.05, 0) is 31.1 Å². The van der Waals surface area contributed by atoms with E-state index in [1.54, 1.807) is 0 Å². The molecule has 2 saturated carbocycles. The van der Waals surface area contributed by atoms with E-state index >= 15 is 0 Å². The Hall–Kier alpha value is -0.370. The summed E-state index contributed by atoms with van der Waals surface area (Å²) >= 11 is 0. The second kappa shape index (κ2) is 2.35.